The van der Waals surface area contributed by atoms with Crippen LogP contribution in [0.2, 0.25) is 0 Å². The fraction of sp³-hybridized carbons (Fsp3) is 0.125. The number of nitrogens with one attached hydrogen (secondary N) is 2. The zero-order valence-electron chi connectivity index (χ0n) is 13.3. The van der Waals surface area contributed by atoms with E-state index in [2.05, 4.69) is 14.7 Å². The van der Waals surface area contributed by atoms with Crippen molar-refractivity contribution in [1.29, 1.82) is 0 Å². The molecule has 0 saturated heterocycles. The van der Waals surface area contributed by atoms with Crippen molar-refractivity contribution >= 4 is 27.0 Å². The number of para-hydroxylation sites is 2. The van der Waals surface area contributed by atoms with Crippen LogP contribution in [0.3, 0.4) is 0 Å². The van der Waals surface area contributed by atoms with Crippen LogP contribution in [0.25, 0.3) is 11.0 Å². The standard InChI is InChI=1S/C16H16N4O4S/c1-24-13-7-6-10(16(17)21)8-14(13)25(22,23)18-9-15-19-11-4-2-3-5-12(11)20-15/h2-8,18H,9H2,1H3,(H2,17,21)(H,19,20). The Morgan fingerprint density at radius 3 is 2.72 bits per heavy atom. The maximum Gasteiger partial charge on any atom is 0.248 e. The highest BCUT2D eigenvalue weighted by Crippen LogP contribution is 2.25. The molecule has 4 N–H and O–H groups in total. The van der Waals surface area contributed by atoms with Crippen LogP contribution in [0.4, 0.5) is 0 Å². The lowest BCUT2D eigenvalue weighted by Crippen LogP contribution is -2.25. The van der Waals surface area contributed by atoms with Crippen LogP contribution in [0, 0.1) is 0 Å². The van der Waals surface area contributed by atoms with Crippen LogP contribution in [-0.4, -0.2) is 31.4 Å². The fourth-order valence-electron chi connectivity index (χ4n) is 2.37. The number of hydrogen-bond donors (Lipinski definition) is 3. The number of hydrogen-bond acceptors (Lipinski definition) is 5. The Morgan fingerprint density at radius 2 is 2.04 bits per heavy atom. The van der Waals surface area contributed by atoms with Crippen molar-refractivity contribution in [3.8, 4) is 5.75 Å². The van der Waals surface area contributed by atoms with Crippen molar-refractivity contribution in [2.24, 2.45) is 5.73 Å². The summed E-state index contributed by atoms with van der Waals surface area (Å²) in [6, 6.07) is 11.3. The summed E-state index contributed by atoms with van der Waals surface area (Å²) in [6.07, 6.45) is 0. The quantitative estimate of drug-likeness (QED) is 0.608. The summed E-state index contributed by atoms with van der Waals surface area (Å²) in [5.74, 6) is -0.145. The molecule has 0 aliphatic carbocycles. The highest BCUT2D eigenvalue weighted by molar-refractivity contribution is 7.89. The highest BCUT2D eigenvalue weighted by atomic mass is 32.2. The molecule has 1 aromatic heterocycles. The molecule has 0 saturated carbocycles. The number of imidazole rings is 1. The van der Waals surface area contributed by atoms with Gasteiger partial charge in [0.1, 0.15) is 16.5 Å². The van der Waals surface area contributed by atoms with Crippen LogP contribution in [0.15, 0.2) is 47.4 Å². The van der Waals surface area contributed by atoms with Gasteiger partial charge in [-0.25, -0.2) is 18.1 Å². The predicted octanol–water partition coefficient (Wildman–Crippen LogP) is 1.15. The molecule has 0 unspecified atom stereocenters. The van der Waals surface area contributed by atoms with Crippen molar-refractivity contribution in [3.63, 3.8) is 0 Å². The van der Waals surface area contributed by atoms with Gasteiger partial charge in [0.15, 0.2) is 0 Å². The molecule has 0 radical (unpaired) electrons. The van der Waals surface area contributed by atoms with Gasteiger partial charge >= 0.3 is 0 Å². The van der Waals surface area contributed by atoms with Crippen molar-refractivity contribution in [2.45, 2.75) is 11.4 Å². The number of aromatic nitrogens is 2. The number of H-pyrrole nitrogens is 1. The summed E-state index contributed by atoms with van der Waals surface area (Å²) >= 11 is 0. The number of ether oxygens (including phenoxy) is 1. The molecule has 0 aliphatic heterocycles. The first-order chi connectivity index (χ1) is 11.9. The third-order valence-electron chi connectivity index (χ3n) is 3.61. The zero-order valence-corrected chi connectivity index (χ0v) is 14.1. The molecule has 0 spiro atoms. The number of carbonyl (C=O) groups excluding carboxylic acids is 1. The first kappa shape index (κ1) is 16.9. The summed E-state index contributed by atoms with van der Waals surface area (Å²) < 4.78 is 32.7. The molecule has 0 bridgehead atoms. The van der Waals surface area contributed by atoms with E-state index in [0.29, 0.717) is 5.82 Å². The van der Waals surface area contributed by atoms with Gasteiger partial charge in [0.05, 0.1) is 24.7 Å². The smallest absolute Gasteiger partial charge is 0.248 e. The van der Waals surface area contributed by atoms with Crippen LogP contribution < -0.4 is 15.2 Å². The summed E-state index contributed by atoms with van der Waals surface area (Å²) in [5.41, 5.74) is 6.84. The van der Waals surface area contributed by atoms with E-state index in [0.717, 1.165) is 11.0 Å². The number of sulfonamides is 1. The van der Waals surface area contributed by atoms with Crippen molar-refractivity contribution < 1.29 is 17.9 Å². The number of nitrogens with zero attached hydrogens (tertiary/aromatic N) is 1. The number of rotatable bonds is 6. The van der Waals surface area contributed by atoms with Gasteiger partial charge in [-0.3, -0.25) is 4.79 Å². The predicted molar refractivity (Wildman–Crippen MR) is 91.6 cm³/mol. The normalized spacial score (nSPS) is 11.6. The maximum absolute atomic E-state index is 12.6. The summed E-state index contributed by atoms with van der Waals surface area (Å²) in [6.45, 7) is -0.0407. The Morgan fingerprint density at radius 1 is 1.28 bits per heavy atom. The molecule has 1 heterocycles. The molecule has 0 atom stereocenters. The summed E-state index contributed by atoms with van der Waals surface area (Å²) in [7, 11) is -2.59. The van der Waals surface area contributed by atoms with E-state index in [1.165, 1.54) is 25.3 Å². The largest absolute Gasteiger partial charge is 0.495 e. The van der Waals surface area contributed by atoms with E-state index >= 15 is 0 Å². The van der Waals surface area contributed by atoms with E-state index in [1.807, 2.05) is 24.3 Å². The number of aromatic amines is 1. The lowest BCUT2D eigenvalue weighted by atomic mass is 10.2. The Kier molecular flexibility index (Phi) is 4.43. The lowest BCUT2D eigenvalue weighted by molar-refractivity contribution is 0.1000. The third-order valence-corrected chi connectivity index (χ3v) is 5.03. The minimum atomic E-state index is -3.94. The molecule has 25 heavy (non-hydrogen) atoms. The Bertz CT molecular complexity index is 1010. The lowest BCUT2D eigenvalue weighted by Gasteiger charge is -2.11. The van der Waals surface area contributed by atoms with E-state index in [4.69, 9.17) is 10.5 Å². The number of nitrogens with two attached hydrogens (primary N) is 1. The SMILES string of the molecule is COc1ccc(C(N)=O)cc1S(=O)(=O)NCc1nc2ccccc2[nH]1. The molecular weight excluding hydrogens is 344 g/mol. The summed E-state index contributed by atoms with van der Waals surface area (Å²) in [4.78, 5) is 18.5. The maximum atomic E-state index is 12.6. The van der Waals surface area contributed by atoms with Crippen molar-refractivity contribution in [3.05, 3.63) is 53.9 Å². The third kappa shape index (κ3) is 3.47. The number of fused-ring (bicyclic) bond motifs is 1. The zero-order chi connectivity index (χ0) is 18.0. The van der Waals surface area contributed by atoms with Crippen molar-refractivity contribution in [1.82, 2.24) is 14.7 Å². The monoisotopic (exact) mass is 360 g/mol. The van der Waals surface area contributed by atoms with E-state index in [-0.39, 0.29) is 22.8 Å². The van der Waals surface area contributed by atoms with Gasteiger partial charge in [-0.15, -0.1) is 0 Å². The van der Waals surface area contributed by atoms with Gasteiger partial charge in [0.25, 0.3) is 0 Å². The summed E-state index contributed by atoms with van der Waals surface area (Å²) in [5, 5.41) is 0. The average molecular weight is 360 g/mol. The minimum Gasteiger partial charge on any atom is -0.495 e. The number of carbonyl (C=O) groups is 1. The number of amides is 1. The van der Waals surface area contributed by atoms with Crippen LogP contribution in [0.5, 0.6) is 5.75 Å². The van der Waals surface area contributed by atoms with E-state index in [1.54, 1.807) is 0 Å². The van der Waals surface area contributed by atoms with Gasteiger partial charge in [0, 0.05) is 5.56 Å². The van der Waals surface area contributed by atoms with Gasteiger partial charge in [-0.05, 0) is 30.3 Å². The molecule has 8 nitrogen and oxygen atoms in total. The minimum absolute atomic E-state index is 0.0407. The topological polar surface area (TPSA) is 127 Å². The second-order valence-electron chi connectivity index (χ2n) is 5.26. The fourth-order valence-corrected chi connectivity index (χ4v) is 3.55. The van der Waals surface area contributed by atoms with Gasteiger partial charge in [0.2, 0.25) is 15.9 Å². The molecule has 3 rings (SSSR count). The molecule has 9 heteroatoms. The molecular formula is C16H16N4O4S. The number of primary amides is 1. The van der Waals surface area contributed by atoms with Gasteiger partial charge in [-0.1, -0.05) is 12.1 Å². The van der Waals surface area contributed by atoms with Crippen LogP contribution in [0.1, 0.15) is 16.2 Å². The second-order valence-corrected chi connectivity index (χ2v) is 6.99. The first-order valence-corrected chi connectivity index (χ1v) is 8.80. The Balaban J connectivity index is 1.88. The Hall–Kier alpha value is -2.91. The van der Waals surface area contributed by atoms with Crippen LogP contribution >= 0.6 is 0 Å². The first-order valence-electron chi connectivity index (χ1n) is 7.32. The van der Waals surface area contributed by atoms with Gasteiger partial charge < -0.3 is 15.5 Å². The van der Waals surface area contributed by atoms with E-state index in [9.17, 15) is 13.2 Å². The average Bonchev–Trinajstić information content (AvgIpc) is 3.02. The number of benzene rings is 2. The number of methoxy groups -OCH3 is 1. The molecule has 1 amide bonds. The van der Waals surface area contributed by atoms with Gasteiger partial charge in [-0.2, -0.15) is 0 Å². The molecule has 0 fully saturated rings. The molecule has 0 aliphatic rings. The second kappa shape index (κ2) is 6.54. The van der Waals surface area contributed by atoms with Crippen LogP contribution in [-0.2, 0) is 16.6 Å². The highest BCUT2D eigenvalue weighted by Gasteiger charge is 2.21. The Labute approximate surface area is 144 Å². The molecule has 130 valence electrons. The molecule has 2 aromatic carbocycles. The molecule has 3 aromatic rings. The van der Waals surface area contributed by atoms with Crippen molar-refractivity contribution in [2.75, 3.05) is 7.11 Å². The van der Waals surface area contributed by atoms with E-state index < -0.39 is 15.9 Å².